The van der Waals surface area contributed by atoms with Crippen molar-refractivity contribution in [3.63, 3.8) is 0 Å². The van der Waals surface area contributed by atoms with E-state index < -0.39 is 0 Å². The van der Waals surface area contributed by atoms with Gasteiger partial charge in [0, 0.05) is 37.9 Å². The second-order valence-corrected chi connectivity index (χ2v) is 5.65. The molecule has 0 radical (unpaired) electrons. The van der Waals surface area contributed by atoms with E-state index in [1.807, 2.05) is 16.9 Å². The van der Waals surface area contributed by atoms with Crippen molar-refractivity contribution >= 4 is 41.3 Å². The summed E-state index contributed by atoms with van der Waals surface area (Å²) < 4.78 is 1.91. The third-order valence-electron chi connectivity index (χ3n) is 3.17. The second-order valence-electron chi connectivity index (χ2n) is 4.87. The molecule has 5 nitrogen and oxygen atoms in total. The molecule has 0 aliphatic rings. The molecule has 0 saturated carbocycles. The Labute approximate surface area is 153 Å². The first-order chi connectivity index (χ1) is 10.3. The highest BCUT2D eigenvalue weighted by Crippen LogP contribution is 2.18. The van der Waals surface area contributed by atoms with Crippen LogP contribution in [-0.2, 0) is 6.54 Å². The van der Waals surface area contributed by atoms with Gasteiger partial charge in [-0.2, -0.15) is 16.4 Å². The first-order valence-electron chi connectivity index (χ1n) is 7.31. The first kappa shape index (κ1) is 19.0. The zero-order valence-corrected chi connectivity index (χ0v) is 16.2. The number of nitrogens with zero attached hydrogens (tertiary/aromatic N) is 3. The number of halogens is 1. The lowest BCUT2D eigenvalue weighted by Crippen LogP contribution is -2.39. The highest BCUT2D eigenvalue weighted by atomic mass is 127. The highest BCUT2D eigenvalue weighted by Gasteiger charge is 2.05. The molecule has 0 bridgehead atoms. The lowest BCUT2D eigenvalue weighted by molar-refractivity contribution is 0.597. The molecule has 7 heteroatoms. The summed E-state index contributed by atoms with van der Waals surface area (Å²) in [4.78, 5) is 4.66. The van der Waals surface area contributed by atoms with Crippen molar-refractivity contribution in [3.05, 3.63) is 40.8 Å². The van der Waals surface area contributed by atoms with Crippen LogP contribution in [0.1, 0.15) is 25.3 Å². The molecule has 2 aromatic rings. The molecular formula is C15H24IN5S. The van der Waals surface area contributed by atoms with Crippen molar-refractivity contribution < 1.29 is 0 Å². The molecule has 1 atom stereocenters. The first-order valence-corrected chi connectivity index (χ1v) is 8.25. The Hall–Kier alpha value is -1.09. The van der Waals surface area contributed by atoms with Gasteiger partial charge < -0.3 is 10.6 Å². The highest BCUT2D eigenvalue weighted by molar-refractivity contribution is 14.0. The summed E-state index contributed by atoms with van der Waals surface area (Å²) in [5, 5.41) is 15.1. The summed E-state index contributed by atoms with van der Waals surface area (Å²) in [6, 6.07) is 4.10. The van der Waals surface area contributed by atoms with Crippen molar-refractivity contribution in [2.75, 3.05) is 19.6 Å². The van der Waals surface area contributed by atoms with Crippen LogP contribution in [0, 0.1) is 0 Å². The Bertz CT molecular complexity index is 524. The van der Waals surface area contributed by atoms with Gasteiger partial charge in [0.1, 0.15) is 0 Å². The molecule has 1 unspecified atom stereocenters. The van der Waals surface area contributed by atoms with E-state index in [4.69, 9.17) is 0 Å². The third-order valence-corrected chi connectivity index (χ3v) is 3.87. The molecule has 122 valence electrons. The minimum absolute atomic E-state index is 0. The van der Waals surface area contributed by atoms with E-state index in [9.17, 15) is 0 Å². The minimum Gasteiger partial charge on any atom is -0.357 e. The van der Waals surface area contributed by atoms with Crippen molar-refractivity contribution in [2.24, 2.45) is 4.99 Å². The van der Waals surface area contributed by atoms with Gasteiger partial charge in [0.25, 0.3) is 0 Å². The van der Waals surface area contributed by atoms with E-state index in [0.717, 1.165) is 32.1 Å². The van der Waals surface area contributed by atoms with Crippen LogP contribution < -0.4 is 10.6 Å². The van der Waals surface area contributed by atoms with E-state index in [2.05, 4.69) is 51.4 Å². The van der Waals surface area contributed by atoms with Gasteiger partial charge in [-0.05, 0) is 35.4 Å². The molecule has 0 spiro atoms. The van der Waals surface area contributed by atoms with Gasteiger partial charge in [0.05, 0.1) is 6.54 Å². The fraction of sp³-hybridized carbons (Fsp3) is 0.467. The number of guanidine groups is 1. The van der Waals surface area contributed by atoms with Crippen LogP contribution in [0.3, 0.4) is 0 Å². The van der Waals surface area contributed by atoms with Crippen molar-refractivity contribution in [1.82, 2.24) is 20.4 Å². The zero-order valence-electron chi connectivity index (χ0n) is 13.0. The maximum Gasteiger partial charge on any atom is 0.191 e. The molecule has 2 N–H and O–H groups in total. The summed E-state index contributed by atoms with van der Waals surface area (Å²) in [6.07, 6.45) is 3.76. The maximum absolute atomic E-state index is 4.66. The quantitative estimate of drug-likeness (QED) is 0.401. The van der Waals surface area contributed by atoms with Crippen molar-refractivity contribution in [1.29, 1.82) is 0 Å². The lowest BCUT2D eigenvalue weighted by Gasteiger charge is -2.13. The number of hydrogen-bond donors (Lipinski definition) is 2. The Morgan fingerprint density at radius 3 is 2.95 bits per heavy atom. The van der Waals surface area contributed by atoms with Gasteiger partial charge in [-0.3, -0.25) is 9.67 Å². The van der Waals surface area contributed by atoms with E-state index in [0.29, 0.717) is 5.92 Å². The maximum atomic E-state index is 4.66. The van der Waals surface area contributed by atoms with E-state index >= 15 is 0 Å². The number of thiophene rings is 1. The molecule has 22 heavy (non-hydrogen) atoms. The minimum atomic E-state index is 0. The summed E-state index contributed by atoms with van der Waals surface area (Å²) in [5.41, 5.74) is 1.36. The van der Waals surface area contributed by atoms with Gasteiger partial charge in [0.15, 0.2) is 5.96 Å². The van der Waals surface area contributed by atoms with Crippen LogP contribution in [0.4, 0.5) is 0 Å². The summed E-state index contributed by atoms with van der Waals surface area (Å²) in [6.45, 7) is 7.57. The van der Waals surface area contributed by atoms with Gasteiger partial charge in [-0.1, -0.05) is 6.92 Å². The molecule has 0 aromatic carbocycles. The van der Waals surface area contributed by atoms with E-state index in [1.165, 1.54) is 5.56 Å². The molecule has 0 aliphatic carbocycles. The second kappa shape index (κ2) is 10.6. The van der Waals surface area contributed by atoms with Crippen LogP contribution in [0.15, 0.2) is 40.3 Å². The molecule has 2 aromatic heterocycles. The monoisotopic (exact) mass is 433 g/mol. The Kier molecular flexibility index (Phi) is 9.14. The van der Waals surface area contributed by atoms with Gasteiger partial charge in [-0.25, -0.2) is 0 Å². The summed E-state index contributed by atoms with van der Waals surface area (Å²) in [5.74, 6) is 1.31. The predicted octanol–water partition coefficient (Wildman–Crippen LogP) is 2.92. The number of nitrogens with one attached hydrogen (secondary N) is 2. The molecule has 2 rings (SSSR count). The molecule has 0 fully saturated rings. The fourth-order valence-electron chi connectivity index (χ4n) is 1.95. The molecule has 0 aliphatic heterocycles. The topological polar surface area (TPSA) is 54.2 Å². The predicted molar refractivity (Wildman–Crippen MR) is 104 cm³/mol. The fourth-order valence-corrected chi connectivity index (χ4v) is 2.73. The van der Waals surface area contributed by atoms with Gasteiger partial charge >= 0.3 is 0 Å². The van der Waals surface area contributed by atoms with Gasteiger partial charge in [-0.15, -0.1) is 24.0 Å². The molecule has 0 saturated heterocycles. The van der Waals surface area contributed by atoms with Crippen molar-refractivity contribution in [2.45, 2.75) is 26.3 Å². The molecule has 2 heterocycles. The summed E-state index contributed by atoms with van der Waals surface area (Å²) in [7, 11) is 0. The lowest BCUT2D eigenvalue weighted by atomic mass is 10.1. The smallest absolute Gasteiger partial charge is 0.191 e. The van der Waals surface area contributed by atoms with E-state index in [-0.39, 0.29) is 24.0 Å². The van der Waals surface area contributed by atoms with Crippen LogP contribution in [0.5, 0.6) is 0 Å². The van der Waals surface area contributed by atoms with E-state index in [1.54, 1.807) is 17.5 Å². The third kappa shape index (κ3) is 6.35. The van der Waals surface area contributed by atoms with Crippen LogP contribution >= 0.6 is 35.3 Å². The summed E-state index contributed by atoms with van der Waals surface area (Å²) >= 11 is 1.74. The normalized spacial score (nSPS) is 12.5. The SMILES string of the molecule is CCNC(=NCC(C)c1ccsc1)NCCn1cccn1.I. The zero-order chi connectivity index (χ0) is 14.9. The van der Waals surface area contributed by atoms with Crippen LogP contribution in [0.25, 0.3) is 0 Å². The van der Waals surface area contributed by atoms with Crippen molar-refractivity contribution in [3.8, 4) is 0 Å². The number of aliphatic imine (C=N–C) groups is 1. The Morgan fingerprint density at radius 2 is 2.32 bits per heavy atom. The number of hydrogen-bond acceptors (Lipinski definition) is 3. The number of rotatable bonds is 7. The Balaban J connectivity index is 0.00000242. The average molecular weight is 433 g/mol. The largest absolute Gasteiger partial charge is 0.357 e. The molecular weight excluding hydrogens is 409 g/mol. The van der Waals surface area contributed by atoms with Crippen LogP contribution in [-0.4, -0.2) is 35.4 Å². The van der Waals surface area contributed by atoms with Crippen LogP contribution in [0.2, 0.25) is 0 Å². The molecule has 0 amide bonds. The number of aromatic nitrogens is 2. The Morgan fingerprint density at radius 1 is 1.45 bits per heavy atom. The standard InChI is InChI=1S/C15H23N5S.HI/c1-3-16-15(17-7-9-20-8-4-6-19-20)18-11-13(2)14-5-10-21-12-14;/h4-6,8,10,12-13H,3,7,9,11H2,1-2H3,(H2,16,17,18);1H. The average Bonchev–Trinajstić information content (AvgIpc) is 3.17. The van der Waals surface area contributed by atoms with Gasteiger partial charge in [0.2, 0.25) is 0 Å².